The molecule has 4 rings (SSSR count). The number of ether oxygens (including phenoxy) is 1. The number of nitrogens with zero attached hydrogens (tertiary/aromatic N) is 3. The van der Waals surface area contributed by atoms with E-state index in [2.05, 4.69) is 4.98 Å². The van der Waals surface area contributed by atoms with E-state index >= 15 is 0 Å². The highest BCUT2D eigenvalue weighted by molar-refractivity contribution is 6.31. The molecule has 0 bridgehead atoms. The number of hydrogen-bond donors (Lipinski definition) is 0. The van der Waals surface area contributed by atoms with Gasteiger partial charge < -0.3 is 9.15 Å². The quantitative estimate of drug-likeness (QED) is 0.448. The van der Waals surface area contributed by atoms with Crippen LogP contribution >= 0.6 is 23.2 Å². The molecule has 3 heterocycles. The number of aryl methyl sites for hydroxylation is 1. The molecular weight excluding hydrogens is 421 g/mol. The third-order valence-electron chi connectivity index (χ3n) is 4.23. The zero-order chi connectivity index (χ0) is 20.5. The summed E-state index contributed by atoms with van der Waals surface area (Å²) in [5.41, 5.74) is 1.25. The fourth-order valence-corrected chi connectivity index (χ4v) is 3.20. The molecule has 0 saturated carbocycles. The maximum Gasteiger partial charge on any atom is 0.419 e. The Hall–Kier alpha value is -3.10. The molecule has 10 heteroatoms. The van der Waals surface area contributed by atoms with Crippen LogP contribution in [-0.4, -0.2) is 19.9 Å². The van der Waals surface area contributed by atoms with E-state index in [1.54, 1.807) is 24.3 Å². The van der Waals surface area contributed by atoms with Crippen LogP contribution in [0.2, 0.25) is 10.0 Å². The minimum Gasteiger partial charge on any atom is -0.459 e. The van der Waals surface area contributed by atoms with Gasteiger partial charge in [0, 0.05) is 29.9 Å². The first-order valence-electron chi connectivity index (χ1n) is 8.53. The van der Waals surface area contributed by atoms with Gasteiger partial charge in [0.1, 0.15) is 12.3 Å². The second-order valence-corrected chi connectivity index (χ2v) is 7.08. The Labute approximate surface area is 172 Å². The summed E-state index contributed by atoms with van der Waals surface area (Å²) in [5.74, 6) is -1.13. The Morgan fingerprint density at radius 1 is 1.10 bits per heavy atom. The maximum atomic E-state index is 12.1. The van der Waals surface area contributed by atoms with E-state index in [1.165, 1.54) is 27.3 Å². The van der Waals surface area contributed by atoms with Crippen LogP contribution in [0, 0.1) is 0 Å². The van der Waals surface area contributed by atoms with Gasteiger partial charge in [0.15, 0.2) is 5.58 Å². The number of halogens is 2. The lowest BCUT2D eigenvalue weighted by molar-refractivity contribution is -0.145. The van der Waals surface area contributed by atoms with Crippen LogP contribution in [0.3, 0.4) is 0 Å². The molecule has 0 radical (unpaired) electrons. The molecule has 8 nitrogen and oxygen atoms in total. The topological polar surface area (TPSA) is 95.8 Å². The number of pyridine rings is 1. The van der Waals surface area contributed by atoms with Crippen molar-refractivity contribution in [1.29, 1.82) is 0 Å². The molecule has 0 fully saturated rings. The van der Waals surface area contributed by atoms with Gasteiger partial charge >= 0.3 is 11.7 Å². The van der Waals surface area contributed by atoms with Crippen molar-refractivity contribution < 1.29 is 13.9 Å². The number of benzene rings is 1. The molecule has 0 unspecified atom stereocenters. The summed E-state index contributed by atoms with van der Waals surface area (Å²) in [6.07, 6.45) is 1.40. The van der Waals surface area contributed by atoms with Crippen LogP contribution in [0.25, 0.3) is 16.7 Å². The van der Waals surface area contributed by atoms with Crippen molar-refractivity contribution in [3.63, 3.8) is 0 Å². The molecule has 0 saturated heterocycles. The van der Waals surface area contributed by atoms with Crippen molar-refractivity contribution >= 4 is 45.9 Å². The van der Waals surface area contributed by atoms with Crippen molar-refractivity contribution in [3.05, 3.63) is 79.2 Å². The Kier molecular flexibility index (Phi) is 5.12. The van der Waals surface area contributed by atoms with Gasteiger partial charge in [-0.25, -0.2) is 9.78 Å². The number of hydrogen-bond acceptors (Lipinski definition) is 6. The lowest BCUT2D eigenvalue weighted by Crippen LogP contribution is -2.19. The van der Waals surface area contributed by atoms with Gasteiger partial charge in [0.25, 0.3) is 5.56 Å². The van der Waals surface area contributed by atoms with E-state index in [0.717, 1.165) is 0 Å². The van der Waals surface area contributed by atoms with Gasteiger partial charge in [-0.3, -0.25) is 18.6 Å². The number of carbonyl (C=O) groups excluding carboxylic acids is 1. The summed E-state index contributed by atoms with van der Waals surface area (Å²) in [7, 11) is 0. The Morgan fingerprint density at radius 3 is 2.72 bits per heavy atom. The third kappa shape index (κ3) is 4.03. The molecule has 148 valence electrons. The van der Waals surface area contributed by atoms with Crippen LogP contribution in [0.5, 0.6) is 0 Å². The molecular formula is C19H13Cl2N3O5. The number of carbonyl (C=O) groups is 1. The van der Waals surface area contributed by atoms with E-state index < -0.39 is 11.7 Å². The molecule has 0 spiro atoms. The largest absolute Gasteiger partial charge is 0.459 e. The van der Waals surface area contributed by atoms with Crippen LogP contribution in [0.1, 0.15) is 12.1 Å². The van der Waals surface area contributed by atoms with E-state index in [9.17, 15) is 14.4 Å². The predicted molar refractivity (Wildman–Crippen MR) is 106 cm³/mol. The molecule has 29 heavy (non-hydrogen) atoms. The van der Waals surface area contributed by atoms with Crippen molar-refractivity contribution in [3.8, 4) is 0 Å². The van der Waals surface area contributed by atoms with Crippen molar-refractivity contribution in [2.75, 3.05) is 0 Å². The summed E-state index contributed by atoms with van der Waals surface area (Å²) in [6, 6.07) is 9.28. The third-order valence-corrected chi connectivity index (χ3v) is 4.69. The minimum atomic E-state index is -0.585. The van der Waals surface area contributed by atoms with Gasteiger partial charge in [0.05, 0.1) is 22.7 Å². The van der Waals surface area contributed by atoms with Gasteiger partial charge in [-0.05, 0) is 24.3 Å². The lowest BCUT2D eigenvalue weighted by atomic mass is 10.3. The number of fused-ring (bicyclic) bond motifs is 2. The van der Waals surface area contributed by atoms with E-state index in [-0.39, 0.29) is 25.1 Å². The molecule has 0 aliphatic rings. The van der Waals surface area contributed by atoms with Crippen LogP contribution in [-0.2, 0) is 22.7 Å². The van der Waals surface area contributed by atoms with E-state index in [4.69, 9.17) is 32.4 Å². The van der Waals surface area contributed by atoms with Crippen molar-refractivity contribution in [2.24, 2.45) is 0 Å². The average Bonchev–Trinajstić information content (AvgIpc) is 2.99. The lowest BCUT2D eigenvalue weighted by Gasteiger charge is -2.07. The first-order valence-corrected chi connectivity index (χ1v) is 9.29. The normalized spacial score (nSPS) is 11.2. The zero-order valence-corrected chi connectivity index (χ0v) is 16.3. The average molecular weight is 434 g/mol. The standard InChI is InChI=1S/C19H13Cl2N3O5/c20-11-1-3-14-15(7-11)29-19(27)23(14)6-5-18(26)28-10-13-8-17(25)24-9-12(21)2-4-16(24)22-13/h1-4,7-9H,5-6,10H2. The first kappa shape index (κ1) is 19.2. The number of rotatable bonds is 5. The summed E-state index contributed by atoms with van der Waals surface area (Å²) in [4.78, 5) is 40.5. The second-order valence-electron chi connectivity index (χ2n) is 6.20. The van der Waals surface area contributed by atoms with Gasteiger partial charge in [-0.1, -0.05) is 23.2 Å². The minimum absolute atomic E-state index is 0.0562. The smallest absolute Gasteiger partial charge is 0.419 e. The van der Waals surface area contributed by atoms with Gasteiger partial charge in [-0.15, -0.1) is 0 Å². The highest BCUT2D eigenvalue weighted by atomic mass is 35.5. The van der Waals surface area contributed by atoms with E-state index in [1.807, 2.05) is 0 Å². The summed E-state index contributed by atoms with van der Waals surface area (Å²) in [5, 5.41) is 0.851. The highest BCUT2D eigenvalue weighted by Crippen LogP contribution is 2.18. The van der Waals surface area contributed by atoms with Gasteiger partial charge in [0.2, 0.25) is 0 Å². The Morgan fingerprint density at radius 2 is 1.90 bits per heavy atom. The number of aromatic nitrogens is 3. The van der Waals surface area contributed by atoms with Gasteiger partial charge in [-0.2, -0.15) is 0 Å². The van der Waals surface area contributed by atoms with Crippen LogP contribution in [0.4, 0.5) is 0 Å². The molecule has 0 aliphatic heterocycles. The molecule has 3 aromatic heterocycles. The molecule has 0 amide bonds. The number of oxazole rings is 1. The van der Waals surface area contributed by atoms with Crippen molar-refractivity contribution in [2.45, 2.75) is 19.6 Å². The molecule has 0 aliphatic carbocycles. The van der Waals surface area contributed by atoms with E-state index in [0.29, 0.717) is 32.5 Å². The molecule has 1 aromatic carbocycles. The monoisotopic (exact) mass is 433 g/mol. The SMILES string of the molecule is O=C(CCn1c(=O)oc2cc(Cl)ccc21)OCc1cc(=O)n2cc(Cl)ccc2n1. The Balaban J connectivity index is 1.43. The molecule has 0 N–H and O–H groups in total. The number of esters is 1. The predicted octanol–water partition coefficient (Wildman–Crippen LogP) is 3.04. The van der Waals surface area contributed by atoms with Crippen LogP contribution in [0.15, 0.2) is 56.6 Å². The second kappa shape index (κ2) is 7.73. The summed E-state index contributed by atoms with van der Waals surface area (Å²) >= 11 is 11.8. The Bertz CT molecular complexity index is 1360. The summed E-state index contributed by atoms with van der Waals surface area (Å²) < 4.78 is 12.9. The fourth-order valence-electron chi connectivity index (χ4n) is 2.88. The van der Waals surface area contributed by atoms with Crippen molar-refractivity contribution in [1.82, 2.24) is 14.0 Å². The van der Waals surface area contributed by atoms with Crippen LogP contribution < -0.4 is 11.3 Å². The summed E-state index contributed by atoms with van der Waals surface area (Å²) in [6.45, 7) is -0.0809. The fraction of sp³-hybridized carbons (Fsp3) is 0.158. The molecule has 0 atom stereocenters. The molecule has 4 aromatic rings. The highest BCUT2D eigenvalue weighted by Gasteiger charge is 2.13. The maximum absolute atomic E-state index is 12.1. The zero-order valence-electron chi connectivity index (χ0n) is 14.8. The first-order chi connectivity index (χ1) is 13.9.